The lowest BCUT2D eigenvalue weighted by atomic mass is 10.2. The standard InChI is InChI=1S/C15H27F3N4O2/c1-19-14(20-4-2-8-24-12-15(16,17)18)22-5-3-13(11-22)21-6-9-23-10-7-21/h13H,2-12H2,1H3,(H,19,20). The highest BCUT2D eigenvalue weighted by Gasteiger charge is 2.30. The summed E-state index contributed by atoms with van der Waals surface area (Å²) in [6.07, 6.45) is -2.65. The molecule has 6 nitrogen and oxygen atoms in total. The predicted molar refractivity (Wildman–Crippen MR) is 85.2 cm³/mol. The molecule has 2 aliphatic rings. The van der Waals surface area contributed by atoms with Gasteiger partial charge < -0.3 is 19.7 Å². The van der Waals surface area contributed by atoms with Crippen molar-refractivity contribution in [1.82, 2.24) is 15.1 Å². The molecule has 0 aromatic carbocycles. The summed E-state index contributed by atoms with van der Waals surface area (Å²) in [4.78, 5) is 8.94. The predicted octanol–water partition coefficient (Wildman–Crippen LogP) is 0.937. The number of ether oxygens (including phenoxy) is 2. The lowest BCUT2D eigenvalue weighted by Crippen LogP contribution is -2.46. The number of alkyl halides is 3. The van der Waals surface area contributed by atoms with Crippen LogP contribution in [0.3, 0.4) is 0 Å². The maximum absolute atomic E-state index is 12.0. The highest BCUT2D eigenvalue weighted by atomic mass is 19.4. The molecule has 0 aromatic rings. The molecule has 2 rings (SSSR count). The van der Waals surface area contributed by atoms with Crippen molar-refractivity contribution in [3.63, 3.8) is 0 Å². The van der Waals surface area contributed by atoms with Gasteiger partial charge in [-0.2, -0.15) is 13.2 Å². The Kier molecular flexibility index (Phi) is 7.57. The van der Waals surface area contributed by atoms with E-state index in [-0.39, 0.29) is 6.61 Å². The van der Waals surface area contributed by atoms with Crippen LogP contribution in [0.4, 0.5) is 13.2 Å². The van der Waals surface area contributed by atoms with E-state index in [1.165, 1.54) is 0 Å². The molecule has 2 fully saturated rings. The van der Waals surface area contributed by atoms with Crippen LogP contribution < -0.4 is 5.32 Å². The van der Waals surface area contributed by atoms with Crippen LogP contribution in [0.5, 0.6) is 0 Å². The third-order valence-corrected chi connectivity index (χ3v) is 4.25. The molecule has 1 atom stereocenters. The fourth-order valence-corrected chi connectivity index (χ4v) is 3.07. The fraction of sp³-hybridized carbons (Fsp3) is 0.933. The minimum Gasteiger partial charge on any atom is -0.379 e. The quantitative estimate of drug-likeness (QED) is 0.438. The van der Waals surface area contributed by atoms with E-state index in [1.54, 1.807) is 7.05 Å². The summed E-state index contributed by atoms with van der Waals surface area (Å²) in [5, 5.41) is 3.20. The van der Waals surface area contributed by atoms with Crippen LogP contribution in [0.15, 0.2) is 4.99 Å². The second-order valence-corrected chi connectivity index (χ2v) is 6.03. The maximum atomic E-state index is 12.0. The van der Waals surface area contributed by atoms with Crippen molar-refractivity contribution < 1.29 is 22.6 Å². The van der Waals surface area contributed by atoms with E-state index in [0.29, 0.717) is 19.0 Å². The van der Waals surface area contributed by atoms with Gasteiger partial charge in [-0.1, -0.05) is 0 Å². The number of nitrogens with zero attached hydrogens (tertiary/aromatic N) is 3. The van der Waals surface area contributed by atoms with E-state index in [0.717, 1.165) is 51.8 Å². The van der Waals surface area contributed by atoms with E-state index < -0.39 is 12.8 Å². The molecule has 140 valence electrons. The summed E-state index contributed by atoms with van der Waals surface area (Å²) < 4.78 is 45.9. The highest BCUT2D eigenvalue weighted by molar-refractivity contribution is 5.80. The molecule has 0 aliphatic carbocycles. The first kappa shape index (κ1) is 19.3. The molecule has 2 aliphatic heterocycles. The van der Waals surface area contributed by atoms with E-state index >= 15 is 0 Å². The summed E-state index contributed by atoms with van der Waals surface area (Å²) >= 11 is 0. The van der Waals surface area contributed by atoms with Gasteiger partial charge in [0.05, 0.1) is 13.2 Å². The molecule has 9 heteroatoms. The number of hydrogen-bond donors (Lipinski definition) is 1. The molecule has 2 saturated heterocycles. The van der Waals surface area contributed by atoms with Gasteiger partial charge in [-0.05, 0) is 12.8 Å². The smallest absolute Gasteiger partial charge is 0.379 e. The van der Waals surface area contributed by atoms with Crippen LogP contribution in [0.1, 0.15) is 12.8 Å². The zero-order valence-electron chi connectivity index (χ0n) is 14.1. The highest BCUT2D eigenvalue weighted by Crippen LogP contribution is 2.17. The monoisotopic (exact) mass is 352 g/mol. The molecular weight excluding hydrogens is 325 g/mol. The third-order valence-electron chi connectivity index (χ3n) is 4.25. The van der Waals surface area contributed by atoms with Gasteiger partial charge in [-0.15, -0.1) is 0 Å². The molecule has 1 N–H and O–H groups in total. The number of morpholine rings is 1. The third kappa shape index (κ3) is 6.45. The normalized spacial score (nSPS) is 23.8. The van der Waals surface area contributed by atoms with E-state index in [2.05, 4.69) is 24.8 Å². The number of aliphatic imine (C=N–C) groups is 1. The lowest BCUT2D eigenvalue weighted by Gasteiger charge is -2.32. The molecule has 1 unspecified atom stereocenters. The van der Waals surface area contributed by atoms with Crippen LogP contribution in [0, 0.1) is 0 Å². The van der Waals surface area contributed by atoms with Gasteiger partial charge in [0.2, 0.25) is 0 Å². The van der Waals surface area contributed by atoms with E-state index in [9.17, 15) is 13.2 Å². The largest absolute Gasteiger partial charge is 0.411 e. The zero-order valence-corrected chi connectivity index (χ0v) is 14.1. The van der Waals surface area contributed by atoms with Crippen molar-refractivity contribution in [2.45, 2.75) is 25.1 Å². The molecule has 0 radical (unpaired) electrons. The van der Waals surface area contributed by atoms with Crippen LogP contribution in [-0.4, -0.2) is 94.2 Å². The molecule has 0 saturated carbocycles. The summed E-state index contributed by atoms with van der Waals surface area (Å²) in [5.74, 6) is 0.807. The first-order valence-electron chi connectivity index (χ1n) is 8.41. The molecule has 0 bridgehead atoms. The number of likely N-dealkylation sites (tertiary alicyclic amines) is 1. The van der Waals surface area contributed by atoms with E-state index in [4.69, 9.17) is 4.74 Å². The Balaban J connectivity index is 1.63. The van der Waals surface area contributed by atoms with Crippen molar-refractivity contribution in [1.29, 1.82) is 0 Å². The van der Waals surface area contributed by atoms with Gasteiger partial charge in [0.15, 0.2) is 5.96 Å². The minimum absolute atomic E-state index is 0.0832. The van der Waals surface area contributed by atoms with Gasteiger partial charge >= 0.3 is 6.18 Å². The SMILES string of the molecule is CN=C(NCCCOCC(F)(F)F)N1CCC(N2CCOCC2)C1. The van der Waals surface area contributed by atoms with Crippen molar-refractivity contribution in [2.24, 2.45) is 4.99 Å². The Bertz CT molecular complexity index is 401. The Morgan fingerprint density at radius 1 is 1.29 bits per heavy atom. The van der Waals surface area contributed by atoms with Crippen molar-refractivity contribution in [3.05, 3.63) is 0 Å². The van der Waals surface area contributed by atoms with Gasteiger partial charge in [0.1, 0.15) is 6.61 Å². The first-order valence-corrected chi connectivity index (χ1v) is 8.41. The second kappa shape index (κ2) is 9.43. The Labute approximate surface area is 141 Å². The molecule has 0 amide bonds. The molecule has 0 aromatic heterocycles. The minimum atomic E-state index is -4.26. The Morgan fingerprint density at radius 2 is 2.04 bits per heavy atom. The summed E-state index contributed by atoms with van der Waals surface area (Å²) in [6.45, 7) is 4.83. The van der Waals surface area contributed by atoms with Crippen molar-refractivity contribution in [2.75, 3.05) is 66.2 Å². The molecule has 2 heterocycles. The maximum Gasteiger partial charge on any atom is 0.411 e. The Hall–Kier alpha value is -1.06. The number of hydrogen-bond acceptors (Lipinski definition) is 4. The number of guanidine groups is 1. The molecule has 24 heavy (non-hydrogen) atoms. The number of rotatable bonds is 6. The van der Waals surface area contributed by atoms with Crippen molar-refractivity contribution >= 4 is 5.96 Å². The average molecular weight is 352 g/mol. The fourth-order valence-electron chi connectivity index (χ4n) is 3.07. The van der Waals surface area contributed by atoms with Crippen molar-refractivity contribution in [3.8, 4) is 0 Å². The number of nitrogens with one attached hydrogen (secondary N) is 1. The van der Waals surface area contributed by atoms with Gasteiger partial charge in [-0.3, -0.25) is 9.89 Å². The average Bonchev–Trinajstić information content (AvgIpc) is 3.04. The van der Waals surface area contributed by atoms with Crippen LogP contribution in [0.25, 0.3) is 0 Å². The van der Waals surface area contributed by atoms with E-state index in [1.807, 2.05) is 0 Å². The number of halogens is 3. The summed E-state index contributed by atoms with van der Waals surface area (Å²) in [7, 11) is 1.73. The van der Waals surface area contributed by atoms with Crippen LogP contribution in [-0.2, 0) is 9.47 Å². The Morgan fingerprint density at radius 3 is 2.71 bits per heavy atom. The molecular formula is C15H27F3N4O2. The second-order valence-electron chi connectivity index (χ2n) is 6.03. The zero-order chi connectivity index (χ0) is 17.4. The first-order chi connectivity index (χ1) is 11.5. The van der Waals surface area contributed by atoms with Gasteiger partial charge in [-0.25, -0.2) is 0 Å². The lowest BCUT2D eigenvalue weighted by molar-refractivity contribution is -0.173. The van der Waals surface area contributed by atoms with Crippen LogP contribution >= 0.6 is 0 Å². The summed E-state index contributed by atoms with van der Waals surface area (Å²) in [6, 6.07) is 0.516. The van der Waals surface area contributed by atoms with Crippen LogP contribution in [0.2, 0.25) is 0 Å². The molecule has 0 spiro atoms. The van der Waals surface area contributed by atoms with Gasteiger partial charge in [0, 0.05) is 52.4 Å². The van der Waals surface area contributed by atoms with Gasteiger partial charge in [0.25, 0.3) is 0 Å². The topological polar surface area (TPSA) is 49.3 Å². The summed E-state index contributed by atoms with van der Waals surface area (Å²) in [5.41, 5.74) is 0.